The molecule has 1 aliphatic carbocycles. The summed E-state index contributed by atoms with van der Waals surface area (Å²) >= 11 is 0. The monoisotopic (exact) mass is 152 g/mol. The number of hydrogen-bond donors (Lipinski definition) is 1. The molecule has 0 heterocycles. The molecule has 1 amide bonds. The van der Waals surface area contributed by atoms with Crippen molar-refractivity contribution in [1.29, 1.82) is 5.26 Å². The van der Waals surface area contributed by atoms with Crippen molar-refractivity contribution in [2.75, 3.05) is 0 Å². The van der Waals surface area contributed by atoms with Crippen molar-refractivity contribution >= 4 is 6.41 Å². The first-order valence-electron chi connectivity index (χ1n) is 3.96. The minimum atomic E-state index is 0.154. The van der Waals surface area contributed by atoms with Crippen LogP contribution in [-0.4, -0.2) is 12.5 Å². The molecule has 1 rings (SSSR count). The van der Waals surface area contributed by atoms with E-state index < -0.39 is 0 Å². The van der Waals surface area contributed by atoms with Gasteiger partial charge in [-0.2, -0.15) is 5.26 Å². The maximum absolute atomic E-state index is 10.1. The molecule has 0 radical (unpaired) electrons. The maximum Gasteiger partial charge on any atom is 0.207 e. The molecule has 1 aliphatic rings. The Morgan fingerprint density at radius 1 is 1.55 bits per heavy atom. The lowest BCUT2D eigenvalue weighted by atomic mass is 9.87. The summed E-state index contributed by atoms with van der Waals surface area (Å²) in [6.45, 7) is 0. The number of nitrogens with one attached hydrogen (secondary N) is 1. The molecule has 2 atom stereocenters. The van der Waals surface area contributed by atoms with Gasteiger partial charge in [0.05, 0.1) is 6.07 Å². The number of rotatable bonds is 2. The van der Waals surface area contributed by atoms with E-state index in [1.165, 1.54) is 0 Å². The van der Waals surface area contributed by atoms with Crippen LogP contribution < -0.4 is 5.32 Å². The number of nitriles is 1. The Hall–Kier alpha value is -1.04. The molecule has 0 aliphatic heterocycles. The Labute approximate surface area is 66.4 Å². The van der Waals surface area contributed by atoms with Gasteiger partial charge in [-0.15, -0.1) is 0 Å². The number of nitrogens with zero attached hydrogens (tertiary/aromatic N) is 1. The quantitative estimate of drug-likeness (QED) is 0.595. The second-order valence-corrected chi connectivity index (χ2v) is 2.97. The van der Waals surface area contributed by atoms with Crippen LogP contribution in [0.4, 0.5) is 0 Å². The van der Waals surface area contributed by atoms with E-state index in [0.717, 1.165) is 32.1 Å². The zero-order chi connectivity index (χ0) is 8.10. The summed E-state index contributed by atoms with van der Waals surface area (Å²) in [5, 5.41) is 11.3. The molecule has 2 unspecified atom stereocenters. The second-order valence-electron chi connectivity index (χ2n) is 2.97. The van der Waals surface area contributed by atoms with Gasteiger partial charge in [0, 0.05) is 12.0 Å². The molecule has 0 bridgehead atoms. The molecule has 0 aromatic heterocycles. The Kier molecular flexibility index (Phi) is 2.91. The highest BCUT2D eigenvalue weighted by atomic mass is 16.1. The number of amides is 1. The molecule has 0 aromatic rings. The van der Waals surface area contributed by atoms with E-state index in [4.69, 9.17) is 5.26 Å². The van der Waals surface area contributed by atoms with Crippen LogP contribution in [0.2, 0.25) is 0 Å². The van der Waals surface area contributed by atoms with Gasteiger partial charge in [0.2, 0.25) is 6.41 Å². The zero-order valence-electron chi connectivity index (χ0n) is 6.42. The molecular formula is C8H12N2O. The van der Waals surface area contributed by atoms with Gasteiger partial charge in [-0.05, 0) is 19.3 Å². The van der Waals surface area contributed by atoms with Gasteiger partial charge in [0.25, 0.3) is 0 Å². The van der Waals surface area contributed by atoms with E-state index in [2.05, 4.69) is 11.4 Å². The van der Waals surface area contributed by atoms with E-state index in [-0.39, 0.29) is 12.0 Å². The van der Waals surface area contributed by atoms with Crippen molar-refractivity contribution in [3.05, 3.63) is 0 Å². The van der Waals surface area contributed by atoms with E-state index in [1.54, 1.807) is 0 Å². The average Bonchev–Trinajstić information content (AvgIpc) is 2.06. The van der Waals surface area contributed by atoms with Crippen molar-refractivity contribution in [1.82, 2.24) is 5.32 Å². The topological polar surface area (TPSA) is 52.9 Å². The van der Waals surface area contributed by atoms with Crippen molar-refractivity contribution in [3.8, 4) is 6.07 Å². The summed E-state index contributed by atoms with van der Waals surface area (Å²) in [4.78, 5) is 10.1. The fraction of sp³-hybridized carbons (Fsp3) is 0.750. The van der Waals surface area contributed by atoms with Crippen molar-refractivity contribution < 1.29 is 4.79 Å². The predicted molar refractivity (Wildman–Crippen MR) is 40.6 cm³/mol. The van der Waals surface area contributed by atoms with Crippen LogP contribution in [0, 0.1) is 17.2 Å². The van der Waals surface area contributed by atoms with Crippen LogP contribution in [0.15, 0.2) is 0 Å². The molecule has 3 nitrogen and oxygen atoms in total. The summed E-state index contributed by atoms with van der Waals surface area (Å²) in [5.74, 6) is 0.154. The minimum Gasteiger partial charge on any atom is -0.356 e. The van der Waals surface area contributed by atoms with Crippen molar-refractivity contribution in [2.24, 2.45) is 5.92 Å². The number of carbonyl (C=O) groups excluding carboxylic acids is 1. The first-order valence-corrected chi connectivity index (χ1v) is 3.96. The summed E-state index contributed by atoms with van der Waals surface area (Å²) in [5.41, 5.74) is 0. The Morgan fingerprint density at radius 2 is 2.36 bits per heavy atom. The van der Waals surface area contributed by atoms with Gasteiger partial charge in [-0.1, -0.05) is 6.42 Å². The zero-order valence-corrected chi connectivity index (χ0v) is 6.42. The van der Waals surface area contributed by atoms with Gasteiger partial charge in [0.15, 0.2) is 0 Å². The molecule has 0 spiro atoms. The largest absolute Gasteiger partial charge is 0.356 e. The Balaban J connectivity index is 2.34. The van der Waals surface area contributed by atoms with Gasteiger partial charge in [-0.25, -0.2) is 0 Å². The van der Waals surface area contributed by atoms with Crippen LogP contribution in [0.5, 0.6) is 0 Å². The van der Waals surface area contributed by atoms with Crippen molar-refractivity contribution in [3.63, 3.8) is 0 Å². The number of carbonyl (C=O) groups is 1. The fourth-order valence-electron chi connectivity index (χ4n) is 1.55. The highest BCUT2D eigenvalue weighted by Gasteiger charge is 2.20. The summed E-state index contributed by atoms with van der Waals surface area (Å²) in [6, 6.07) is 2.48. The molecule has 1 N–H and O–H groups in total. The lowest BCUT2D eigenvalue weighted by molar-refractivity contribution is -0.110. The van der Waals surface area contributed by atoms with Gasteiger partial charge in [-0.3, -0.25) is 4.79 Å². The lowest BCUT2D eigenvalue weighted by Crippen LogP contribution is -2.32. The molecular weight excluding hydrogens is 140 g/mol. The third-order valence-electron chi connectivity index (χ3n) is 2.16. The molecule has 1 fully saturated rings. The molecule has 0 aromatic carbocycles. The fourth-order valence-corrected chi connectivity index (χ4v) is 1.55. The molecule has 1 saturated carbocycles. The lowest BCUT2D eigenvalue weighted by Gasteiger charge is -2.24. The summed E-state index contributed by atoms with van der Waals surface area (Å²) < 4.78 is 0. The minimum absolute atomic E-state index is 0.154. The Morgan fingerprint density at radius 3 is 3.00 bits per heavy atom. The highest BCUT2D eigenvalue weighted by molar-refractivity contribution is 5.46. The maximum atomic E-state index is 10.1. The van der Waals surface area contributed by atoms with E-state index >= 15 is 0 Å². The molecule has 11 heavy (non-hydrogen) atoms. The van der Waals surface area contributed by atoms with Crippen LogP contribution in [0.3, 0.4) is 0 Å². The van der Waals surface area contributed by atoms with Gasteiger partial charge < -0.3 is 5.32 Å². The molecule has 0 saturated heterocycles. The normalized spacial score (nSPS) is 30.5. The Bertz CT molecular complexity index is 173. The van der Waals surface area contributed by atoms with Crippen LogP contribution >= 0.6 is 0 Å². The molecule has 3 heteroatoms. The first kappa shape index (κ1) is 8.06. The highest BCUT2D eigenvalue weighted by Crippen LogP contribution is 2.22. The van der Waals surface area contributed by atoms with Crippen LogP contribution in [0.1, 0.15) is 25.7 Å². The predicted octanol–water partition coefficient (Wildman–Crippen LogP) is 0.815. The number of hydrogen-bond acceptors (Lipinski definition) is 2. The summed E-state index contributed by atoms with van der Waals surface area (Å²) in [7, 11) is 0. The SMILES string of the molecule is N#CC1CCCC(NC=O)C1. The summed E-state index contributed by atoms with van der Waals surface area (Å²) in [6.07, 6.45) is 4.63. The smallest absolute Gasteiger partial charge is 0.207 e. The standard InChI is InChI=1S/C8H12N2O/c9-5-7-2-1-3-8(4-7)10-6-11/h6-8H,1-4H2,(H,10,11). The average molecular weight is 152 g/mol. The second kappa shape index (κ2) is 3.97. The van der Waals surface area contributed by atoms with E-state index in [0.29, 0.717) is 0 Å². The van der Waals surface area contributed by atoms with Gasteiger partial charge >= 0.3 is 0 Å². The van der Waals surface area contributed by atoms with Gasteiger partial charge in [0.1, 0.15) is 0 Å². The van der Waals surface area contributed by atoms with Crippen molar-refractivity contribution in [2.45, 2.75) is 31.7 Å². The third-order valence-corrected chi connectivity index (χ3v) is 2.16. The van der Waals surface area contributed by atoms with Crippen LogP contribution in [-0.2, 0) is 4.79 Å². The van der Waals surface area contributed by atoms with E-state index in [9.17, 15) is 4.79 Å². The van der Waals surface area contributed by atoms with Crippen LogP contribution in [0.25, 0.3) is 0 Å². The molecule has 60 valence electrons. The third kappa shape index (κ3) is 2.23. The van der Waals surface area contributed by atoms with E-state index in [1.807, 2.05) is 0 Å². The first-order chi connectivity index (χ1) is 5.36.